The van der Waals surface area contributed by atoms with E-state index in [4.69, 9.17) is 10.8 Å². The Morgan fingerprint density at radius 1 is 1.38 bits per heavy atom. The topological polar surface area (TPSA) is 47.7 Å². The fraction of sp³-hybridized carbons (Fsp3) is 0.667. The van der Waals surface area contributed by atoms with Crippen molar-refractivity contribution in [3.63, 3.8) is 0 Å². The van der Waals surface area contributed by atoms with Crippen LogP contribution in [-0.4, -0.2) is 11.9 Å². The molecular weight excluding hydrogens is 100 g/mol. The number of hydrogen-bond donors (Lipinski definition) is 2. The van der Waals surface area contributed by atoms with E-state index in [1.165, 1.54) is 0 Å². The Morgan fingerprint density at radius 2 is 1.75 bits per heavy atom. The largest absolute Gasteiger partial charge is 0.307 e. The number of hydrogen-bond acceptors (Lipinski definition) is 2. The van der Waals surface area contributed by atoms with Crippen molar-refractivity contribution < 1.29 is 0 Å². The zero-order valence-electron chi connectivity index (χ0n) is 5.58. The Hall–Kier alpha value is -0.660. The molecule has 0 rings (SSSR count). The van der Waals surface area contributed by atoms with Crippen molar-refractivity contribution in [1.29, 1.82) is 10.8 Å². The van der Waals surface area contributed by atoms with Crippen LogP contribution >= 0.6 is 0 Å². The van der Waals surface area contributed by atoms with Crippen LogP contribution in [0.1, 0.15) is 20.8 Å². The SMILES string of the molecule is CC(C)(C)C(=N)C=N. The lowest BCUT2D eigenvalue weighted by Crippen LogP contribution is -2.19. The molecule has 46 valence electrons. The van der Waals surface area contributed by atoms with Gasteiger partial charge < -0.3 is 10.8 Å². The zero-order chi connectivity index (χ0) is 6.78. The molecule has 0 aromatic carbocycles. The summed E-state index contributed by atoms with van der Waals surface area (Å²) < 4.78 is 0. The van der Waals surface area contributed by atoms with E-state index >= 15 is 0 Å². The van der Waals surface area contributed by atoms with E-state index in [9.17, 15) is 0 Å². The third kappa shape index (κ3) is 1.87. The quantitative estimate of drug-likeness (QED) is 0.485. The van der Waals surface area contributed by atoms with E-state index in [2.05, 4.69) is 0 Å². The van der Waals surface area contributed by atoms with Crippen molar-refractivity contribution in [3.05, 3.63) is 0 Å². The van der Waals surface area contributed by atoms with Gasteiger partial charge in [0.25, 0.3) is 0 Å². The minimum absolute atomic E-state index is 0.151. The number of rotatable bonds is 1. The summed E-state index contributed by atoms with van der Waals surface area (Å²) in [6.45, 7) is 5.75. The van der Waals surface area contributed by atoms with Crippen LogP contribution in [0.4, 0.5) is 0 Å². The summed E-state index contributed by atoms with van der Waals surface area (Å²) in [5, 5.41) is 13.9. The Bertz CT molecular complexity index is 108. The molecule has 0 unspecified atom stereocenters. The highest BCUT2D eigenvalue weighted by Gasteiger charge is 2.13. The summed E-state index contributed by atoms with van der Waals surface area (Å²) in [6, 6.07) is 0. The highest BCUT2D eigenvalue weighted by molar-refractivity contribution is 6.29. The molecule has 0 amide bonds. The van der Waals surface area contributed by atoms with E-state index in [0.29, 0.717) is 5.71 Å². The van der Waals surface area contributed by atoms with E-state index in [1.54, 1.807) is 0 Å². The van der Waals surface area contributed by atoms with Crippen LogP contribution in [0, 0.1) is 16.2 Å². The van der Waals surface area contributed by atoms with Crippen molar-refractivity contribution in [3.8, 4) is 0 Å². The summed E-state index contributed by atoms with van der Waals surface area (Å²) in [5.74, 6) is 0. The van der Waals surface area contributed by atoms with Gasteiger partial charge in [-0.1, -0.05) is 20.8 Å². The third-order valence-electron chi connectivity index (χ3n) is 0.952. The Morgan fingerprint density at radius 3 is 1.75 bits per heavy atom. The summed E-state index contributed by atoms with van der Waals surface area (Å²) in [4.78, 5) is 0. The van der Waals surface area contributed by atoms with E-state index in [0.717, 1.165) is 6.21 Å². The van der Waals surface area contributed by atoms with E-state index in [1.807, 2.05) is 20.8 Å². The maximum Gasteiger partial charge on any atom is 0.0542 e. The van der Waals surface area contributed by atoms with Crippen LogP contribution in [0.3, 0.4) is 0 Å². The van der Waals surface area contributed by atoms with Gasteiger partial charge in [0.05, 0.1) is 5.71 Å². The van der Waals surface area contributed by atoms with Crippen molar-refractivity contribution in [2.45, 2.75) is 20.8 Å². The van der Waals surface area contributed by atoms with Gasteiger partial charge in [-0.3, -0.25) is 0 Å². The zero-order valence-corrected chi connectivity index (χ0v) is 5.58. The van der Waals surface area contributed by atoms with Crippen molar-refractivity contribution in [1.82, 2.24) is 0 Å². The van der Waals surface area contributed by atoms with Crippen LogP contribution in [-0.2, 0) is 0 Å². The second kappa shape index (κ2) is 2.07. The normalized spacial score (nSPS) is 10.9. The summed E-state index contributed by atoms with van der Waals surface area (Å²) >= 11 is 0. The molecule has 0 aliphatic rings. The fourth-order valence-electron chi connectivity index (χ4n) is 0.217. The first-order valence-electron chi connectivity index (χ1n) is 2.58. The predicted octanol–water partition coefficient (Wildman–Crippen LogP) is 1.70. The van der Waals surface area contributed by atoms with Crippen LogP contribution in [0.2, 0.25) is 0 Å². The standard InChI is InChI=1S/C6H12N2/c1-6(2,3)5(8)4-7/h4,7-8H,1-3H3. The molecule has 0 saturated heterocycles. The lowest BCUT2D eigenvalue weighted by Gasteiger charge is -2.14. The first-order chi connectivity index (χ1) is 3.48. The highest BCUT2D eigenvalue weighted by Crippen LogP contribution is 2.12. The Labute approximate surface area is 49.9 Å². The average Bonchev–Trinajstić information content (AvgIpc) is 1.62. The molecule has 0 aliphatic heterocycles. The van der Waals surface area contributed by atoms with Gasteiger partial charge in [-0.15, -0.1) is 0 Å². The monoisotopic (exact) mass is 112 g/mol. The van der Waals surface area contributed by atoms with Gasteiger partial charge in [0.15, 0.2) is 0 Å². The predicted molar refractivity (Wildman–Crippen MR) is 36.0 cm³/mol. The molecule has 0 fully saturated rings. The van der Waals surface area contributed by atoms with Crippen molar-refractivity contribution in [2.24, 2.45) is 5.41 Å². The molecule has 0 saturated carbocycles. The molecular formula is C6H12N2. The lowest BCUT2D eigenvalue weighted by atomic mass is 9.91. The Balaban J connectivity index is 4.02. The lowest BCUT2D eigenvalue weighted by molar-refractivity contribution is 0.595. The minimum atomic E-state index is -0.151. The average molecular weight is 112 g/mol. The van der Waals surface area contributed by atoms with E-state index in [-0.39, 0.29) is 5.41 Å². The van der Waals surface area contributed by atoms with Gasteiger partial charge in [0.2, 0.25) is 0 Å². The van der Waals surface area contributed by atoms with Gasteiger partial charge in [-0.05, 0) is 0 Å². The van der Waals surface area contributed by atoms with Gasteiger partial charge in [-0.2, -0.15) is 0 Å². The molecule has 0 bridgehead atoms. The summed E-state index contributed by atoms with van der Waals surface area (Å²) in [5.41, 5.74) is 0.222. The molecule has 8 heavy (non-hydrogen) atoms. The smallest absolute Gasteiger partial charge is 0.0542 e. The second-order valence-corrected chi connectivity index (χ2v) is 2.81. The first kappa shape index (κ1) is 7.34. The highest BCUT2D eigenvalue weighted by atomic mass is 14.5. The van der Waals surface area contributed by atoms with Gasteiger partial charge in [0, 0.05) is 11.6 Å². The van der Waals surface area contributed by atoms with Gasteiger partial charge in [0.1, 0.15) is 0 Å². The molecule has 0 atom stereocenters. The Kier molecular flexibility index (Phi) is 1.90. The molecule has 2 N–H and O–H groups in total. The molecule has 0 heterocycles. The molecule has 2 heteroatoms. The van der Waals surface area contributed by atoms with Crippen LogP contribution < -0.4 is 0 Å². The molecule has 0 aliphatic carbocycles. The molecule has 0 aromatic heterocycles. The molecule has 0 aromatic rings. The summed E-state index contributed by atoms with van der Waals surface area (Å²) in [7, 11) is 0. The summed E-state index contributed by atoms with van der Waals surface area (Å²) in [6.07, 6.45) is 1.08. The van der Waals surface area contributed by atoms with Crippen molar-refractivity contribution in [2.75, 3.05) is 0 Å². The van der Waals surface area contributed by atoms with E-state index < -0.39 is 0 Å². The fourth-order valence-corrected chi connectivity index (χ4v) is 0.217. The van der Waals surface area contributed by atoms with Crippen LogP contribution in [0.5, 0.6) is 0 Å². The number of nitrogens with one attached hydrogen (secondary N) is 2. The minimum Gasteiger partial charge on any atom is -0.307 e. The van der Waals surface area contributed by atoms with Crippen LogP contribution in [0.15, 0.2) is 0 Å². The third-order valence-corrected chi connectivity index (χ3v) is 0.952. The van der Waals surface area contributed by atoms with Gasteiger partial charge in [-0.25, -0.2) is 0 Å². The maximum atomic E-state index is 7.15. The molecule has 0 spiro atoms. The van der Waals surface area contributed by atoms with Gasteiger partial charge >= 0.3 is 0 Å². The van der Waals surface area contributed by atoms with Crippen LogP contribution in [0.25, 0.3) is 0 Å². The molecule has 2 nitrogen and oxygen atoms in total. The second-order valence-electron chi connectivity index (χ2n) is 2.81. The van der Waals surface area contributed by atoms with Crippen molar-refractivity contribution >= 4 is 11.9 Å². The maximum absolute atomic E-state index is 7.15. The molecule has 0 radical (unpaired) electrons. The first-order valence-corrected chi connectivity index (χ1v) is 2.58.